The molecule has 1 amide bonds. The number of benzene rings is 2. The molecule has 0 saturated carbocycles. The van der Waals surface area contributed by atoms with Gasteiger partial charge in [-0.05, 0) is 54.8 Å². The molecule has 5 heteroatoms. The van der Waals surface area contributed by atoms with Gasteiger partial charge < -0.3 is 14.6 Å². The van der Waals surface area contributed by atoms with Gasteiger partial charge in [0.05, 0.1) is 12.9 Å². The Morgan fingerprint density at radius 3 is 2.62 bits per heavy atom. The summed E-state index contributed by atoms with van der Waals surface area (Å²) in [5, 5.41) is 2.88. The van der Waals surface area contributed by atoms with E-state index < -0.39 is 0 Å². The minimum Gasteiger partial charge on any atom is -0.492 e. The summed E-state index contributed by atoms with van der Waals surface area (Å²) in [5.41, 5.74) is 4.20. The zero-order valence-electron chi connectivity index (χ0n) is 15.1. The minimum atomic E-state index is -0.0946. The lowest BCUT2D eigenvalue weighted by atomic mass is 10.1. The number of imidazole rings is 1. The van der Waals surface area contributed by atoms with Gasteiger partial charge in [-0.2, -0.15) is 0 Å². The van der Waals surface area contributed by atoms with Gasteiger partial charge in [-0.1, -0.05) is 18.2 Å². The van der Waals surface area contributed by atoms with Crippen molar-refractivity contribution < 1.29 is 9.53 Å². The number of hydrogen-bond acceptors (Lipinski definition) is 3. The van der Waals surface area contributed by atoms with Crippen molar-refractivity contribution in [3.05, 3.63) is 83.4 Å². The van der Waals surface area contributed by atoms with Crippen LogP contribution in [0.25, 0.3) is 0 Å². The average Bonchev–Trinajstić information content (AvgIpc) is 3.15. The normalized spacial score (nSPS) is 10.5. The fourth-order valence-corrected chi connectivity index (χ4v) is 2.59. The van der Waals surface area contributed by atoms with Crippen molar-refractivity contribution in [2.75, 3.05) is 13.2 Å². The Morgan fingerprint density at radius 2 is 1.92 bits per heavy atom. The number of aryl methyl sites for hydroxylation is 2. The topological polar surface area (TPSA) is 56.1 Å². The molecular formula is C21H23N3O2. The highest BCUT2D eigenvalue weighted by atomic mass is 16.5. The summed E-state index contributed by atoms with van der Waals surface area (Å²) in [7, 11) is 0. The highest BCUT2D eigenvalue weighted by Crippen LogP contribution is 2.16. The van der Waals surface area contributed by atoms with Gasteiger partial charge in [-0.25, -0.2) is 4.98 Å². The molecule has 0 aliphatic carbocycles. The first-order chi connectivity index (χ1) is 12.6. The van der Waals surface area contributed by atoms with E-state index in [-0.39, 0.29) is 5.91 Å². The fourth-order valence-electron chi connectivity index (χ4n) is 2.59. The molecule has 3 aromatic rings. The van der Waals surface area contributed by atoms with Gasteiger partial charge in [0, 0.05) is 24.5 Å². The summed E-state index contributed by atoms with van der Waals surface area (Å²) in [4.78, 5) is 16.2. The van der Waals surface area contributed by atoms with Crippen LogP contribution in [0.4, 0.5) is 0 Å². The summed E-state index contributed by atoms with van der Waals surface area (Å²) in [6.07, 6.45) is 5.44. The van der Waals surface area contributed by atoms with Crippen LogP contribution in [0.2, 0.25) is 0 Å². The van der Waals surface area contributed by atoms with E-state index in [0.717, 1.165) is 17.9 Å². The second kappa shape index (κ2) is 8.34. The molecule has 5 nitrogen and oxygen atoms in total. The largest absolute Gasteiger partial charge is 0.492 e. The molecule has 0 atom stereocenters. The van der Waals surface area contributed by atoms with E-state index in [2.05, 4.69) is 24.1 Å². The van der Waals surface area contributed by atoms with Gasteiger partial charge >= 0.3 is 0 Å². The van der Waals surface area contributed by atoms with Crippen molar-refractivity contribution in [3.63, 3.8) is 0 Å². The van der Waals surface area contributed by atoms with Gasteiger partial charge in [0.2, 0.25) is 0 Å². The second-order valence-electron chi connectivity index (χ2n) is 6.28. The van der Waals surface area contributed by atoms with Gasteiger partial charge in [-0.3, -0.25) is 4.79 Å². The molecule has 1 heterocycles. The standard InChI is InChI=1S/C21H23N3O2/c1-16-3-8-20(13-17(16)2)26-12-10-23-21(25)19-6-4-18(5-7-19)14-24-11-9-22-15-24/h3-9,11,13,15H,10,12,14H2,1-2H3,(H,23,25). The summed E-state index contributed by atoms with van der Waals surface area (Å²) < 4.78 is 7.67. The molecule has 2 aromatic carbocycles. The number of amides is 1. The minimum absolute atomic E-state index is 0.0946. The molecule has 0 radical (unpaired) electrons. The molecule has 0 saturated heterocycles. The van der Waals surface area contributed by atoms with Crippen molar-refractivity contribution in [3.8, 4) is 5.75 Å². The number of carbonyl (C=O) groups excluding carboxylic acids is 1. The Bertz CT molecular complexity index is 855. The van der Waals surface area contributed by atoms with Crippen LogP contribution in [0.1, 0.15) is 27.0 Å². The molecule has 0 bridgehead atoms. The lowest BCUT2D eigenvalue weighted by Crippen LogP contribution is -2.28. The molecular weight excluding hydrogens is 326 g/mol. The molecule has 134 valence electrons. The Labute approximate surface area is 153 Å². The van der Waals surface area contributed by atoms with Crippen molar-refractivity contribution in [1.82, 2.24) is 14.9 Å². The predicted molar refractivity (Wildman–Crippen MR) is 102 cm³/mol. The van der Waals surface area contributed by atoms with E-state index in [1.165, 1.54) is 11.1 Å². The van der Waals surface area contributed by atoms with E-state index in [4.69, 9.17) is 4.74 Å². The van der Waals surface area contributed by atoms with E-state index >= 15 is 0 Å². The maximum atomic E-state index is 12.2. The van der Waals surface area contributed by atoms with E-state index in [1.807, 2.05) is 53.2 Å². The summed E-state index contributed by atoms with van der Waals surface area (Å²) in [6.45, 7) is 5.77. The highest BCUT2D eigenvalue weighted by molar-refractivity contribution is 5.94. The molecule has 0 spiro atoms. The van der Waals surface area contributed by atoms with Crippen LogP contribution in [0.3, 0.4) is 0 Å². The zero-order valence-corrected chi connectivity index (χ0v) is 15.1. The molecule has 0 fully saturated rings. The average molecular weight is 349 g/mol. The van der Waals surface area contributed by atoms with Crippen LogP contribution in [0, 0.1) is 13.8 Å². The second-order valence-corrected chi connectivity index (χ2v) is 6.28. The van der Waals surface area contributed by atoms with Crippen LogP contribution >= 0.6 is 0 Å². The fraction of sp³-hybridized carbons (Fsp3) is 0.238. The van der Waals surface area contributed by atoms with Gasteiger partial charge in [0.15, 0.2) is 0 Å². The third kappa shape index (κ3) is 4.72. The van der Waals surface area contributed by atoms with Crippen LogP contribution in [-0.2, 0) is 6.54 Å². The Kier molecular flexibility index (Phi) is 5.69. The van der Waals surface area contributed by atoms with Crippen LogP contribution in [-0.4, -0.2) is 28.6 Å². The molecule has 0 aliphatic rings. The lowest BCUT2D eigenvalue weighted by molar-refractivity contribution is 0.0947. The Morgan fingerprint density at radius 1 is 1.12 bits per heavy atom. The molecule has 0 aliphatic heterocycles. The maximum Gasteiger partial charge on any atom is 0.251 e. The molecule has 3 rings (SSSR count). The third-order valence-corrected chi connectivity index (χ3v) is 4.28. The first kappa shape index (κ1) is 17.7. The van der Waals surface area contributed by atoms with Crippen molar-refractivity contribution in [2.24, 2.45) is 0 Å². The van der Waals surface area contributed by atoms with E-state index in [9.17, 15) is 4.79 Å². The zero-order chi connectivity index (χ0) is 18.4. The number of carbonyl (C=O) groups is 1. The van der Waals surface area contributed by atoms with Crippen molar-refractivity contribution in [2.45, 2.75) is 20.4 Å². The number of nitrogens with one attached hydrogen (secondary N) is 1. The number of rotatable bonds is 7. The van der Waals surface area contributed by atoms with Crippen molar-refractivity contribution in [1.29, 1.82) is 0 Å². The van der Waals surface area contributed by atoms with E-state index in [0.29, 0.717) is 18.7 Å². The van der Waals surface area contributed by atoms with Crippen molar-refractivity contribution >= 4 is 5.91 Å². The monoisotopic (exact) mass is 349 g/mol. The summed E-state index contributed by atoms with van der Waals surface area (Å²) in [6, 6.07) is 13.6. The molecule has 26 heavy (non-hydrogen) atoms. The van der Waals surface area contributed by atoms with Crippen LogP contribution in [0.5, 0.6) is 5.75 Å². The number of nitrogens with zero attached hydrogens (tertiary/aromatic N) is 2. The summed E-state index contributed by atoms with van der Waals surface area (Å²) >= 11 is 0. The first-order valence-corrected chi connectivity index (χ1v) is 8.65. The van der Waals surface area contributed by atoms with Gasteiger partial charge in [0.1, 0.15) is 12.4 Å². The summed E-state index contributed by atoms with van der Waals surface area (Å²) in [5.74, 6) is 0.731. The first-order valence-electron chi connectivity index (χ1n) is 8.65. The van der Waals surface area contributed by atoms with E-state index in [1.54, 1.807) is 12.5 Å². The highest BCUT2D eigenvalue weighted by Gasteiger charge is 2.05. The number of ether oxygens (including phenoxy) is 1. The van der Waals surface area contributed by atoms with Crippen LogP contribution in [0.15, 0.2) is 61.2 Å². The number of aromatic nitrogens is 2. The van der Waals surface area contributed by atoms with Gasteiger partial charge in [0.25, 0.3) is 5.91 Å². The maximum absolute atomic E-state index is 12.2. The van der Waals surface area contributed by atoms with Crippen LogP contribution < -0.4 is 10.1 Å². The molecule has 0 unspecified atom stereocenters. The van der Waals surface area contributed by atoms with Gasteiger partial charge in [-0.15, -0.1) is 0 Å². The lowest BCUT2D eigenvalue weighted by Gasteiger charge is -2.10. The smallest absolute Gasteiger partial charge is 0.251 e. The quantitative estimate of drug-likeness (QED) is 0.666. The Balaban J connectivity index is 1.45. The Hall–Kier alpha value is -3.08. The molecule has 1 N–H and O–H groups in total. The molecule has 1 aromatic heterocycles. The SMILES string of the molecule is Cc1ccc(OCCNC(=O)c2ccc(Cn3ccnc3)cc2)cc1C. The third-order valence-electron chi connectivity index (χ3n) is 4.28. The predicted octanol–water partition coefficient (Wildman–Crippen LogP) is 3.36. The number of hydrogen-bond donors (Lipinski definition) is 1.